The maximum atomic E-state index is 13.5. The first-order valence-corrected chi connectivity index (χ1v) is 15.2. The molecule has 2 aliphatic carbocycles. The molecule has 3 aromatic heterocycles. The Balaban J connectivity index is 1.55. The van der Waals surface area contributed by atoms with Gasteiger partial charge in [-0.15, -0.1) is 0 Å². The molecule has 0 bridgehead atoms. The number of carbonyl (C=O) groups is 2. The van der Waals surface area contributed by atoms with Gasteiger partial charge in [0.05, 0.1) is 17.7 Å². The summed E-state index contributed by atoms with van der Waals surface area (Å²) in [5.41, 5.74) is 1.88. The first-order valence-electron chi connectivity index (χ1n) is 12.8. The number of nitrogens with zero attached hydrogens (tertiary/aromatic N) is 5. The van der Waals surface area contributed by atoms with Crippen LogP contribution in [0.4, 0.5) is 5.82 Å². The quantitative estimate of drug-likeness (QED) is 0.222. The molecule has 3 heterocycles. The highest BCUT2D eigenvalue weighted by Gasteiger charge is 2.32. The molecule has 2 saturated carbocycles. The van der Waals surface area contributed by atoms with Crippen LogP contribution in [-0.2, 0) is 11.2 Å². The molecular weight excluding hydrogens is 524 g/mol. The largest absolute Gasteiger partial charge is 0.481 e. The van der Waals surface area contributed by atoms with Gasteiger partial charge in [-0.25, -0.2) is 19.9 Å². The van der Waals surface area contributed by atoms with Crippen molar-refractivity contribution in [1.82, 2.24) is 24.5 Å². The third-order valence-corrected chi connectivity index (χ3v) is 8.56. The number of aromatic nitrogens is 5. The van der Waals surface area contributed by atoms with Crippen molar-refractivity contribution in [2.24, 2.45) is 0 Å². The standard InChI is InChI=1S/C26H30N6O4S2/c1-37-25-27-12-16(13-33)22(30-25)28-17-8-7-14(9-17)21-19-10-15(11-20(34)35)24(36)32(18-5-3-4-6-18)23(19)31-26(29-21)38-2/h10,12-14,17-18H,3-9,11H2,1-2H3,(H,34,35)(H,27,28,30). The lowest BCUT2D eigenvalue weighted by molar-refractivity contribution is -0.136. The zero-order valence-corrected chi connectivity index (χ0v) is 23.0. The van der Waals surface area contributed by atoms with Crippen LogP contribution in [-0.4, -0.2) is 60.4 Å². The number of nitrogens with one attached hydrogen (secondary N) is 1. The van der Waals surface area contributed by atoms with Gasteiger partial charge in [-0.2, -0.15) is 0 Å². The molecule has 38 heavy (non-hydrogen) atoms. The van der Waals surface area contributed by atoms with Crippen molar-refractivity contribution < 1.29 is 14.7 Å². The Morgan fingerprint density at radius 1 is 1.13 bits per heavy atom. The van der Waals surface area contributed by atoms with Gasteiger partial charge >= 0.3 is 5.97 Å². The second-order valence-corrected chi connectivity index (χ2v) is 11.4. The molecule has 2 N–H and O–H groups in total. The topological polar surface area (TPSA) is 140 Å². The fourth-order valence-corrected chi connectivity index (χ4v) is 6.39. The second-order valence-electron chi connectivity index (χ2n) is 9.82. The number of pyridine rings is 1. The lowest BCUT2D eigenvalue weighted by Crippen LogP contribution is -2.29. The third kappa shape index (κ3) is 5.28. The second kappa shape index (κ2) is 11.4. The maximum Gasteiger partial charge on any atom is 0.308 e. The van der Waals surface area contributed by atoms with Crippen molar-refractivity contribution in [3.63, 3.8) is 0 Å². The van der Waals surface area contributed by atoms with Crippen LogP contribution in [0.2, 0.25) is 0 Å². The van der Waals surface area contributed by atoms with E-state index < -0.39 is 5.97 Å². The van der Waals surface area contributed by atoms with Crippen LogP contribution >= 0.6 is 23.5 Å². The number of hydrogen-bond donors (Lipinski definition) is 2. The summed E-state index contributed by atoms with van der Waals surface area (Å²) >= 11 is 2.85. The summed E-state index contributed by atoms with van der Waals surface area (Å²) in [5, 5.41) is 14.9. The van der Waals surface area contributed by atoms with E-state index in [9.17, 15) is 19.5 Å². The van der Waals surface area contributed by atoms with Crippen LogP contribution in [0.1, 0.15) is 78.5 Å². The summed E-state index contributed by atoms with van der Waals surface area (Å²) in [4.78, 5) is 55.0. The number of rotatable bonds is 9. The average molecular weight is 555 g/mol. The van der Waals surface area contributed by atoms with Gasteiger partial charge in [-0.1, -0.05) is 36.4 Å². The summed E-state index contributed by atoms with van der Waals surface area (Å²) in [5.74, 6) is -0.424. The van der Waals surface area contributed by atoms with E-state index in [2.05, 4.69) is 15.3 Å². The number of anilines is 1. The molecule has 0 amide bonds. The Morgan fingerprint density at radius 2 is 1.89 bits per heavy atom. The van der Waals surface area contributed by atoms with Crippen molar-refractivity contribution in [1.29, 1.82) is 0 Å². The maximum absolute atomic E-state index is 13.5. The number of aliphatic carboxylic acids is 1. The molecule has 0 saturated heterocycles. The van der Waals surface area contributed by atoms with Gasteiger partial charge in [0.1, 0.15) is 11.5 Å². The number of hydrogen-bond acceptors (Lipinski definition) is 10. The highest BCUT2D eigenvalue weighted by atomic mass is 32.2. The molecule has 2 fully saturated rings. The molecule has 10 nitrogen and oxygen atoms in total. The first kappa shape index (κ1) is 26.6. The molecule has 200 valence electrons. The number of thioether (sulfide) groups is 2. The normalized spacial score (nSPS) is 19.7. The van der Waals surface area contributed by atoms with Crippen molar-refractivity contribution >= 4 is 52.6 Å². The average Bonchev–Trinajstić information content (AvgIpc) is 3.61. The van der Waals surface area contributed by atoms with E-state index >= 15 is 0 Å². The number of carbonyl (C=O) groups excluding carboxylic acids is 1. The molecule has 0 aromatic carbocycles. The first-order chi connectivity index (χ1) is 18.4. The molecule has 0 aliphatic heterocycles. The van der Waals surface area contributed by atoms with E-state index in [0.717, 1.165) is 62.3 Å². The molecule has 12 heteroatoms. The monoisotopic (exact) mass is 554 g/mol. The summed E-state index contributed by atoms with van der Waals surface area (Å²) < 4.78 is 1.75. The number of fused-ring (bicyclic) bond motifs is 1. The number of carboxylic acids is 1. The fourth-order valence-electron chi connectivity index (χ4n) is 5.69. The van der Waals surface area contributed by atoms with Crippen LogP contribution < -0.4 is 10.9 Å². The Kier molecular flexibility index (Phi) is 7.98. The van der Waals surface area contributed by atoms with Gasteiger partial charge < -0.3 is 10.4 Å². The van der Waals surface area contributed by atoms with Crippen molar-refractivity contribution in [2.75, 3.05) is 17.8 Å². The van der Waals surface area contributed by atoms with Crippen molar-refractivity contribution in [3.8, 4) is 0 Å². The van der Waals surface area contributed by atoms with Gasteiger partial charge in [0.2, 0.25) is 0 Å². The van der Waals surface area contributed by atoms with Gasteiger partial charge in [-0.05, 0) is 50.7 Å². The minimum absolute atomic E-state index is 0.0133. The van der Waals surface area contributed by atoms with Crippen molar-refractivity contribution in [3.05, 3.63) is 39.4 Å². The van der Waals surface area contributed by atoms with E-state index in [-0.39, 0.29) is 35.5 Å². The van der Waals surface area contributed by atoms with E-state index in [1.165, 1.54) is 29.7 Å². The van der Waals surface area contributed by atoms with Gasteiger partial charge in [-0.3, -0.25) is 19.0 Å². The highest BCUT2D eigenvalue weighted by molar-refractivity contribution is 7.98. The fraction of sp³-hybridized carbons (Fsp3) is 0.500. The summed E-state index contributed by atoms with van der Waals surface area (Å²) in [6.07, 6.45) is 12.1. The van der Waals surface area contributed by atoms with Crippen LogP contribution in [0.3, 0.4) is 0 Å². The van der Waals surface area contributed by atoms with Crippen LogP contribution in [0.15, 0.2) is 27.4 Å². The van der Waals surface area contributed by atoms with Crippen LogP contribution in [0.25, 0.3) is 11.0 Å². The minimum atomic E-state index is -1.03. The number of carboxylic acid groups (broad SMARTS) is 1. The molecule has 0 radical (unpaired) electrons. The van der Waals surface area contributed by atoms with E-state index in [1.54, 1.807) is 10.6 Å². The van der Waals surface area contributed by atoms with E-state index in [1.807, 2.05) is 12.5 Å². The summed E-state index contributed by atoms with van der Waals surface area (Å²) in [6.45, 7) is 0. The minimum Gasteiger partial charge on any atom is -0.481 e. The predicted octanol–water partition coefficient (Wildman–Crippen LogP) is 4.33. The zero-order valence-electron chi connectivity index (χ0n) is 21.3. The summed E-state index contributed by atoms with van der Waals surface area (Å²) in [7, 11) is 0. The van der Waals surface area contributed by atoms with Gasteiger partial charge in [0.25, 0.3) is 5.56 Å². The molecule has 0 spiro atoms. The third-order valence-electron chi connectivity index (χ3n) is 7.45. The van der Waals surface area contributed by atoms with Crippen molar-refractivity contribution in [2.45, 2.75) is 79.7 Å². The Bertz CT molecular complexity index is 1440. The number of aldehydes is 1. The smallest absolute Gasteiger partial charge is 0.308 e. The van der Waals surface area contributed by atoms with E-state index in [4.69, 9.17) is 9.97 Å². The molecular formula is C26H30N6O4S2. The Labute approximate surface area is 228 Å². The zero-order chi connectivity index (χ0) is 26.8. The van der Waals surface area contributed by atoms with Crippen LogP contribution in [0, 0.1) is 0 Å². The highest BCUT2D eigenvalue weighted by Crippen LogP contribution is 2.40. The van der Waals surface area contributed by atoms with Crippen LogP contribution in [0.5, 0.6) is 0 Å². The Hall–Kier alpha value is -2.99. The molecule has 2 aliphatic rings. The SMILES string of the molecule is CSc1ncc(C=O)c(NC2CCC(c3nc(SC)nc4c3cc(CC(=O)O)c(=O)n4C3CCCC3)C2)n1. The molecule has 2 unspecified atom stereocenters. The Morgan fingerprint density at radius 3 is 2.58 bits per heavy atom. The van der Waals surface area contributed by atoms with Gasteiger partial charge in [0, 0.05) is 35.1 Å². The summed E-state index contributed by atoms with van der Waals surface area (Å²) in [6, 6.07) is 1.79. The lowest BCUT2D eigenvalue weighted by atomic mass is 9.98. The predicted molar refractivity (Wildman–Crippen MR) is 148 cm³/mol. The molecule has 5 rings (SSSR count). The molecule has 2 atom stereocenters. The lowest BCUT2D eigenvalue weighted by Gasteiger charge is -2.21. The molecule has 3 aromatic rings. The van der Waals surface area contributed by atoms with E-state index in [0.29, 0.717) is 27.3 Å². The van der Waals surface area contributed by atoms with Gasteiger partial charge in [0.15, 0.2) is 16.6 Å².